The highest BCUT2D eigenvalue weighted by molar-refractivity contribution is 9.10. The Morgan fingerprint density at radius 2 is 1.87 bits per heavy atom. The number of hydrogen-bond acceptors (Lipinski definition) is 3. The molecule has 0 spiro atoms. The summed E-state index contributed by atoms with van der Waals surface area (Å²) in [4.78, 5) is 25.6. The molecule has 2 aromatic rings. The summed E-state index contributed by atoms with van der Waals surface area (Å²) >= 11 is 4.86. The van der Waals surface area contributed by atoms with E-state index in [0.717, 1.165) is 42.1 Å². The zero-order chi connectivity index (χ0) is 16.4. The highest BCUT2D eigenvalue weighted by atomic mass is 79.9. The quantitative estimate of drug-likeness (QED) is 0.770. The van der Waals surface area contributed by atoms with Gasteiger partial charge in [-0.05, 0) is 59.3 Å². The van der Waals surface area contributed by atoms with E-state index in [1.165, 1.54) is 16.2 Å². The van der Waals surface area contributed by atoms with Crippen molar-refractivity contribution in [2.24, 2.45) is 5.73 Å². The van der Waals surface area contributed by atoms with Gasteiger partial charge in [0.25, 0.3) is 11.8 Å². The van der Waals surface area contributed by atoms with Crippen LogP contribution in [-0.4, -0.2) is 11.8 Å². The van der Waals surface area contributed by atoms with Gasteiger partial charge >= 0.3 is 0 Å². The minimum atomic E-state index is -0.466. The van der Waals surface area contributed by atoms with Crippen molar-refractivity contribution in [3.63, 3.8) is 0 Å². The summed E-state index contributed by atoms with van der Waals surface area (Å²) in [7, 11) is 0. The van der Waals surface area contributed by atoms with Gasteiger partial charge in [0.05, 0.1) is 11.1 Å². The lowest BCUT2D eigenvalue weighted by molar-refractivity contribution is 0.100. The second kappa shape index (κ2) is 6.84. The molecule has 23 heavy (non-hydrogen) atoms. The highest BCUT2D eigenvalue weighted by Crippen LogP contribution is 2.37. The SMILES string of the molecule is NC(=O)c1c(NC(=O)c2ccccc2Br)sc2c1CCCCC2. The number of rotatable bonds is 3. The highest BCUT2D eigenvalue weighted by Gasteiger charge is 2.24. The van der Waals surface area contributed by atoms with Crippen LogP contribution in [0, 0.1) is 0 Å². The second-order valence-electron chi connectivity index (χ2n) is 5.57. The van der Waals surface area contributed by atoms with Gasteiger partial charge in [0.15, 0.2) is 0 Å². The van der Waals surface area contributed by atoms with E-state index in [0.29, 0.717) is 16.1 Å². The summed E-state index contributed by atoms with van der Waals surface area (Å²) in [5.41, 5.74) is 7.64. The molecule has 0 saturated carbocycles. The maximum absolute atomic E-state index is 12.5. The van der Waals surface area contributed by atoms with E-state index < -0.39 is 5.91 Å². The van der Waals surface area contributed by atoms with Gasteiger partial charge in [-0.1, -0.05) is 18.6 Å². The first-order valence-corrected chi connectivity index (χ1v) is 9.19. The fourth-order valence-corrected chi connectivity index (χ4v) is 4.66. The number of anilines is 1. The van der Waals surface area contributed by atoms with Crippen molar-refractivity contribution >= 4 is 44.1 Å². The molecule has 120 valence electrons. The van der Waals surface area contributed by atoms with Crippen molar-refractivity contribution in [3.8, 4) is 0 Å². The van der Waals surface area contributed by atoms with E-state index in [9.17, 15) is 9.59 Å². The lowest BCUT2D eigenvalue weighted by Crippen LogP contribution is -2.18. The minimum absolute atomic E-state index is 0.239. The Bertz CT molecular complexity index is 770. The average Bonchev–Trinajstić information content (AvgIpc) is 2.69. The fourth-order valence-electron chi connectivity index (χ4n) is 2.91. The first-order chi connectivity index (χ1) is 11.1. The van der Waals surface area contributed by atoms with E-state index in [-0.39, 0.29) is 5.91 Å². The predicted octanol–water partition coefficient (Wildman–Crippen LogP) is 4.13. The van der Waals surface area contributed by atoms with Crippen LogP contribution in [0.3, 0.4) is 0 Å². The van der Waals surface area contributed by atoms with Crippen LogP contribution in [0.25, 0.3) is 0 Å². The molecule has 0 aliphatic heterocycles. The van der Waals surface area contributed by atoms with Gasteiger partial charge in [0.2, 0.25) is 0 Å². The molecule has 0 bridgehead atoms. The summed E-state index contributed by atoms with van der Waals surface area (Å²) in [6.07, 6.45) is 5.14. The Hall–Kier alpha value is -1.66. The topological polar surface area (TPSA) is 72.2 Å². The third-order valence-corrected chi connectivity index (χ3v) is 5.91. The van der Waals surface area contributed by atoms with Gasteiger partial charge in [-0.15, -0.1) is 11.3 Å². The molecule has 6 heteroatoms. The van der Waals surface area contributed by atoms with Gasteiger partial charge in [0.1, 0.15) is 5.00 Å². The Morgan fingerprint density at radius 1 is 1.13 bits per heavy atom. The van der Waals surface area contributed by atoms with E-state index in [4.69, 9.17) is 5.73 Å². The molecule has 0 radical (unpaired) electrons. The van der Waals surface area contributed by atoms with Crippen LogP contribution in [-0.2, 0) is 12.8 Å². The average molecular weight is 393 g/mol. The van der Waals surface area contributed by atoms with E-state index in [1.807, 2.05) is 12.1 Å². The zero-order valence-corrected chi connectivity index (χ0v) is 14.9. The predicted molar refractivity (Wildman–Crippen MR) is 96.2 cm³/mol. The van der Waals surface area contributed by atoms with Crippen LogP contribution in [0.15, 0.2) is 28.7 Å². The summed E-state index contributed by atoms with van der Waals surface area (Å²) < 4.78 is 0.719. The number of nitrogens with two attached hydrogens (primary N) is 1. The van der Waals surface area contributed by atoms with Crippen molar-refractivity contribution in [2.45, 2.75) is 32.1 Å². The van der Waals surface area contributed by atoms with Crippen LogP contribution >= 0.6 is 27.3 Å². The molecular weight excluding hydrogens is 376 g/mol. The summed E-state index contributed by atoms with van der Waals surface area (Å²) in [6, 6.07) is 7.21. The molecule has 2 amide bonds. The number of carbonyl (C=O) groups is 2. The number of amides is 2. The van der Waals surface area contributed by atoms with Crippen LogP contribution in [0.4, 0.5) is 5.00 Å². The van der Waals surface area contributed by atoms with Crippen LogP contribution in [0.2, 0.25) is 0 Å². The maximum Gasteiger partial charge on any atom is 0.257 e. The maximum atomic E-state index is 12.5. The monoisotopic (exact) mass is 392 g/mol. The van der Waals surface area contributed by atoms with Crippen molar-refractivity contribution < 1.29 is 9.59 Å². The Kier molecular flexibility index (Phi) is 4.82. The molecular formula is C17H17BrN2O2S. The van der Waals surface area contributed by atoms with Gasteiger partial charge in [0, 0.05) is 9.35 Å². The smallest absolute Gasteiger partial charge is 0.257 e. The lowest BCUT2D eigenvalue weighted by Gasteiger charge is -2.07. The number of primary amides is 1. The number of halogens is 1. The molecule has 0 saturated heterocycles. The van der Waals surface area contributed by atoms with Crippen LogP contribution in [0.5, 0.6) is 0 Å². The van der Waals surface area contributed by atoms with Gasteiger partial charge in [-0.3, -0.25) is 9.59 Å². The number of hydrogen-bond donors (Lipinski definition) is 2. The largest absolute Gasteiger partial charge is 0.365 e. The number of nitrogens with one attached hydrogen (secondary N) is 1. The zero-order valence-electron chi connectivity index (χ0n) is 12.5. The molecule has 1 aliphatic carbocycles. The molecule has 1 aromatic carbocycles. The molecule has 0 fully saturated rings. The normalized spacial score (nSPS) is 14.0. The third-order valence-electron chi connectivity index (χ3n) is 4.01. The number of aryl methyl sites for hydroxylation is 1. The number of thiophene rings is 1. The molecule has 3 rings (SSSR count). The van der Waals surface area contributed by atoms with E-state index in [2.05, 4.69) is 21.2 Å². The Morgan fingerprint density at radius 3 is 2.61 bits per heavy atom. The Labute approximate surface area is 147 Å². The number of fused-ring (bicyclic) bond motifs is 1. The molecule has 1 aromatic heterocycles. The molecule has 1 aliphatic rings. The Balaban J connectivity index is 1.95. The van der Waals surface area contributed by atoms with Crippen LogP contribution < -0.4 is 11.1 Å². The first-order valence-electron chi connectivity index (χ1n) is 7.58. The van der Waals surface area contributed by atoms with Gasteiger partial charge in [-0.2, -0.15) is 0 Å². The first kappa shape index (κ1) is 16.2. The van der Waals surface area contributed by atoms with E-state index >= 15 is 0 Å². The molecule has 4 nitrogen and oxygen atoms in total. The second-order valence-corrected chi connectivity index (χ2v) is 7.53. The van der Waals surface area contributed by atoms with Gasteiger partial charge in [-0.25, -0.2) is 0 Å². The molecule has 0 unspecified atom stereocenters. The lowest BCUT2D eigenvalue weighted by atomic mass is 10.1. The van der Waals surface area contributed by atoms with Crippen molar-refractivity contribution in [2.75, 3.05) is 5.32 Å². The van der Waals surface area contributed by atoms with Crippen molar-refractivity contribution in [1.29, 1.82) is 0 Å². The third kappa shape index (κ3) is 3.33. The van der Waals surface area contributed by atoms with Gasteiger partial charge < -0.3 is 11.1 Å². The summed E-state index contributed by atoms with van der Waals surface area (Å²) in [6.45, 7) is 0. The standard InChI is InChI=1S/C17H17BrN2O2S/c18-12-8-5-4-6-10(12)16(22)20-17-14(15(19)21)11-7-2-1-3-9-13(11)23-17/h4-6,8H,1-3,7,9H2,(H2,19,21)(H,20,22). The number of carbonyl (C=O) groups excluding carboxylic acids is 2. The fraction of sp³-hybridized carbons (Fsp3) is 0.294. The van der Waals surface area contributed by atoms with Crippen molar-refractivity contribution in [3.05, 3.63) is 50.3 Å². The van der Waals surface area contributed by atoms with Crippen molar-refractivity contribution in [1.82, 2.24) is 0 Å². The molecule has 1 heterocycles. The summed E-state index contributed by atoms with van der Waals surface area (Å²) in [5, 5.41) is 3.45. The number of benzene rings is 1. The van der Waals surface area contributed by atoms with Crippen LogP contribution in [0.1, 0.15) is 50.4 Å². The summed E-state index contributed by atoms with van der Waals surface area (Å²) in [5.74, 6) is -0.705. The molecule has 3 N–H and O–H groups in total. The van der Waals surface area contributed by atoms with E-state index in [1.54, 1.807) is 12.1 Å². The molecule has 0 atom stereocenters. The minimum Gasteiger partial charge on any atom is -0.365 e.